The van der Waals surface area contributed by atoms with Gasteiger partial charge in [-0.05, 0) is 18.8 Å². The standard InChI is InChI=1S/C15H25N3O3/c1-4-5-7-16-13(19)9-12-17-15(21-18-12)11-6-8-20-14(11)10(2)3/h10-11,14H,4-9H2,1-3H3,(H,16,19)/t11-,14-/m1/s1. The number of hydrogen-bond donors (Lipinski definition) is 1. The molecular weight excluding hydrogens is 270 g/mol. The molecule has 6 heteroatoms. The number of carbonyl (C=O) groups is 1. The first-order valence-electron chi connectivity index (χ1n) is 7.82. The Kier molecular flexibility index (Phi) is 5.73. The fourth-order valence-electron chi connectivity index (χ4n) is 2.63. The first-order chi connectivity index (χ1) is 10.1. The van der Waals surface area contributed by atoms with Crippen LogP contribution in [0.15, 0.2) is 4.52 Å². The fourth-order valence-corrected chi connectivity index (χ4v) is 2.63. The number of carbonyl (C=O) groups excluding carboxylic acids is 1. The van der Waals surface area contributed by atoms with E-state index in [0.29, 0.717) is 24.2 Å². The molecule has 1 aromatic heterocycles. The lowest BCUT2D eigenvalue weighted by Crippen LogP contribution is -2.26. The quantitative estimate of drug-likeness (QED) is 0.779. The van der Waals surface area contributed by atoms with Crippen molar-refractivity contribution in [3.8, 4) is 0 Å². The summed E-state index contributed by atoms with van der Waals surface area (Å²) in [6, 6.07) is 0. The first-order valence-corrected chi connectivity index (χ1v) is 7.82. The molecule has 118 valence electrons. The minimum atomic E-state index is -0.0566. The van der Waals surface area contributed by atoms with Crippen LogP contribution in [0.4, 0.5) is 0 Å². The Morgan fingerprint density at radius 1 is 1.48 bits per heavy atom. The molecule has 0 aromatic carbocycles. The number of nitrogens with zero attached hydrogens (tertiary/aromatic N) is 2. The second kappa shape index (κ2) is 7.54. The summed E-state index contributed by atoms with van der Waals surface area (Å²) in [5.41, 5.74) is 0. The molecule has 1 saturated heterocycles. The van der Waals surface area contributed by atoms with Crippen molar-refractivity contribution in [1.29, 1.82) is 0 Å². The first kappa shape index (κ1) is 15.9. The average Bonchev–Trinajstić information content (AvgIpc) is 3.06. The van der Waals surface area contributed by atoms with E-state index in [1.54, 1.807) is 0 Å². The van der Waals surface area contributed by atoms with Crippen molar-refractivity contribution in [3.05, 3.63) is 11.7 Å². The number of ether oxygens (including phenoxy) is 1. The van der Waals surface area contributed by atoms with Gasteiger partial charge >= 0.3 is 0 Å². The third-order valence-electron chi connectivity index (χ3n) is 3.76. The fraction of sp³-hybridized carbons (Fsp3) is 0.800. The molecule has 2 rings (SSSR count). The van der Waals surface area contributed by atoms with Gasteiger partial charge < -0.3 is 14.6 Å². The molecule has 1 N–H and O–H groups in total. The van der Waals surface area contributed by atoms with E-state index < -0.39 is 0 Å². The maximum atomic E-state index is 11.7. The van der Waals surface area contributed by atoms with Gasteiger partial charge in [-0.25, -0.2) is 0 Å². The van der Waals surface area contributed by atoms with Crippen molar-refractivity contribution in [2.45, 2.75) is 58.5 Å². The van der Waals surface area contributed by atoms with Gasteiger partial charge in [0.25, 0.3) is 0 Å². The van der Waals surface area contributed by atoms with Gasteiger partial charge in [-0.15, -0.1) is 0 Å². The van der Waals surface area contributed by atoms with Crippen LogP contribution < -0.4 is 5.32 Å². The van der Waals surface area contributed by atoms with Gasteiger partial charge in [-0.1, -0.05) is 32.3 Å². The molecule has 1 aliphatic rings. The summed E-state index contributed by atoms with van der Waals surface area (Å²) in [6.07, 6.45) is 3.24. The van der Waals surface area contributed by atoms with Gasteiger partial charge in [0, 0.05) is 13.2 Å². The molecule has 0 saturated carbocycles. The molecule has 6 nitrogen and oxygen atoms in total. The Labute approximate surface area is 125 Å². The molecule has 21 heavy (non-hydrogen) atoms. The van der Waals surface area contributed by atoms with E-state index in [-0.39, 0.29) is 24.3 Å². The summed E-state index contributed by atoms with van der Waals surface area (Å²) in [5, 5.41) is 6.77. The van der Waals surface area contributed by atoms with Crippen molar-refractivity contribution in [1.82, 2.24) is 15.5 Å². The largest absolute Gasteiger partial charge is 0.377 e. The van der Waals surface area contributed by atoms with E-state index in [2.05, 4.69) is 36.2 Å². The predicted octanol–water partition coefficient (Wildman–Crippen LogP) is 2.06. The molecule has 2 heterocycles. The van der Waals surface area contributed by atoms with Gasteiger partial charge in [0.15, 0.2) is 5.82 Å². The summed E-state index contributed by atoms with van der Waals surface area (Å²) in [4.78, 5) is 16.1. The molecule has 1 aliphatic heterocycles. The zero-order chi connectivity index (χ0) is 15.2. The minimum Gasteiger partial charge on any atom is -0.377 e. The molecule has 0 spiro atoms. The predicted molar refractivity (Wildman–Crippen MR) is 77.9 cm³/mol. The lowest BCUT2D eigenvalue weighted by molar-refractivity contribution is -0.120. The number of hydrogen-bond acceptors (Lipinski definition) is 5. The molecular formula is C15H25N3O3. The topological polar surface area (TPSA) is 77.2 Å². The molecule has 2 atom stereocenters. The smallest absolute Gasteiger partial charge is 0.232 e. The lowest BCUT2D eigenvalue weighted by Gasteiger charge is -2.18. The maximum absolute atomic E-state index is 11.7. The van der Waals surface area contributed by atoms with Crippen LogP contribution >= 0.6 is 0 Å². The highest BCUT2D eigenvalue weighted by Crippen LogP contribution is 2.34. The van der Waals surface area contributed by atoms with Crippen LogP contribution in [0, 0.1) is 5.92 Å². The summed E-state index contributed by atoms with van der Waals surface area (Å²) >= 11 is 0. The molecule has 1 aromatic rings. The SMILES string of the molecule is CCCCNC(=O)Cc1noc([C@@H]2CCO[C@@H]2C(C)C)n1. The van der Waals surface area contributed by atoms with Gasteiger partial charge in [-0.2, -0.15) is 4.98 Å². The molecule has 0 aliphatic carbocycles. The van der Waals surface area contributed by atoms with Crippen LogP contribution in [0.3, 0.4) is 0 Å². The number of aromatic nitrogens is 2. The van der Waals surface area contributed by atoms with Gasteiger partial charge in [-0.3, -0.25) is 4.79 Å². The second-order valence-electron chi connectivity index (χ2n) is 5.90. The highest BCUT2D eigenvalue weighted by molar-refractivity contribution is 5.77. The number of amides is 1. The Bertz CT molecular complexity index is 459. The highest BCUT2D eigenvalue weighted by atomic mass is 16.5. The van der Waals surface area contributed by atoms with E-state index in [1.807, 2.05) is 0 Å². The van der Waals surface area contributed by atoms with Crippen molar-refractivity contribution in [3.63, 3.8) is 0 Å². The van der Waals surface area contributed by atoms with Gasteiger partial charge in [0.1, 0.15) is 0 Å². The molecule has 1 amide bonds. The third kappa shape index (κ3) is 4.27. The van der Waals surface area contributed by atoms with E-state index in [9.17, 15) is 4.79 Å². The van der Waals surface area contributed by atoms with Crippen LogP contribution in [0.5, 0.6) is 0 Å². The minimum absolute atomic E-state index is 0.0566. The van der Waals surface area contributed by atoms with Crippen LogP contribution in [-0.4, -0.2) is 35.3 Å². The van der Waals surface area contributed by atoms with E-state index in [4.69, 9.17) is 9.26 Å². The van der Waals surface area contributed by atoms with E-state index in [1.165, 1.54) is 0 Å². The molecule has 0 unspecified atom stereocenters. The maximum Gasteiger partial charge on any atom is 0.232 e. The summed E-state index contributed by atoms with van der Waals surface area (Å²) in [6.45, 7) is 7.77. The number of nitrogens with one attached hydrogen (secondary N) is 1. The average molecular weight is 295 g/mol. The summed E-state index contributed by atoms with van der Waals surface area (Å²) in [7, 11) is 0. The highest BCUT2D eigenvalue weighted by Gasteiger charge is 2.35. The zero-order valence-corrected chi connectivity index (χ0v) is 13.1. The Balaban J connectivity index is 1.90. The van der Waals surface area contributed by atoms with Crippen molar-refractivity contribution < 1.29 is 14.1 Å². The third-order valence-corrected chi connectivity index (χ3v) is 3.76. The van der Waals surface area contributed by atoms with Crippen molar-refractivity contribution in [2.75, 3.05) is 13.2 Å². The Morgan fingerprint density at radius 3 is 3.00 bits per heavy atom. The van der Waals surface area contributed by atoms with Crippen molar-refractivity contribution in [2.24, 2.45) is 5.92 Å². The summed E-state index contributed by atoms with van der Waals surface area (Å²) < 4.78 is 11.1. The lowest BCUT2D eigenvalue weighted by atomic mass is 9.93. The van der Waals surface area contributed by atoms with E-state index in [0.717, 1.165) is 25.9 Å². The number of rotatable bonds is 7. The van der Waals surface area contributed by atoms with Crippen LogP contribution in [-0.2, 0) is 16.0 Å². The molecule has 0 radical (unpaired) electrons. The Hall–Kier alpha value is -1.43. The Morgan fingerprint density at radius 2 is 2.29 bits per heavy atom. The van der Waals surface area contributed by atoms with Crippen LogP contribution in [0.25, 0.3) is 0 Å². The van der Waals surface area contributed by atoms with Crippen molar-refractivity contribution >= 4 is 5.91 Å². The van der Waals surface area contributed by atoms with Crippen LogP contribution in [0.2, 0.25) is 0 Å². The monoisotopic (exact) mass is 295 g/mol. The summed E-state index contributed by atoms with van der Waals surface area (Å²) in [5.74, 6) is 1.55. The van der Waals surface area contributed by atoms with Crippen LogP contribution in [0.1, 0.15) is 57.7 Å². The van der Waals surface area contributed by atoms with Gasteiger partial charge in [0.2, 0.25) is 11.8 Å². The van der Waals surface area contributed by atoms with Gasteiger partial charge in [0.05, 0.1) is 18.4 Å². The molecule has 1 fully saturated rings. The second-order valence-corrected chi connectivity index (χ2v) is 5.90. The van der Waals surface area contributed by atoms with E-state index >= 15 is 0 Å². The number of unbranched alkanes of at least 4 members (excludes halogenated alkanes) is 1. The molecule has 0 bridgehead atoms. The zero-order valence-electron chi connectivity index (χ0n) is 13.1. The normalized spacial score (nSPS) is 21.9.